The minimum absolute atomic E-state index is 0.209. The Labute approximate surface area is 179 Å². The van der Waals surface area contributed by atoms with Crippen molar-refractivity contribution in [3.63, 3.8) is 0 Å². The van der Waals surface area contributed by atoms with Gasteiger partial charge in [-0.1, -0.05) is 29.8 Å². The third-order valence-electron chi connectivity index (χ3n) is 5.47. The molecule has 1 amide bonds. The number of carbonyl (C=O) groups excluding carboxylic acids is 1. The molecule has 7 nitrogen and oxygen atoms in total. The predicted octanol–water partition coefficient (Wildman–Crippen LogP) is 3.05. The molecule has 31 heavy (non-hydrogen) atoms. The second-order valence-corrected chi connectivity index (χ2v) is 7.84. The van der Waals surface area contributed by atoms with Gasteiger partial charge in [-0.15, -0.1) is 0 Å². The third kappa shape index (κ3) is 3.70. The van der Waals surface area contributed by atoms with Crippen LogP contribution < -0.4 is 16.6 Å². The van der Waals surface area contributed by atoms with E-state index in [1.54, 1.807) is 35.9 Å². The Balaban J connectivity index is 1.87. The Kier molecular flexibility index (Phi) is 5.10. The van der Waals surface area contributed by atoms with Gasteiger partial charge in [0, 0.05) is 18.4 Å². The lowest BCUT2D eigenvalue weighted by molar-refractivity contribution is -0.116. The standard InChI is InChI=1S/C24H24N4O3/c1-15-8-10-19(11-9-15)28-23(30)22-20(13-17(3)26(22)4)27(24(28)31)14-21(29)25-18-7-5-6-16(2)12-18/h5-13H,14H2,1-4H3,(H,25,29). The molecule has 0 aliphatic carbocycles. The van der Waals surface area contributed by atoms with Gasteiger partial charge < -0.3 is 9.88 Å². The van der Waals surface area contributed by atoms with Crippen LogP contribution in [-0.4, -0.2) is 19.6 Å². The minimum Gasteiger partial charge on any atom is -0.342 e. The van der Waals surface area contributed by atoms with Gasteiger partial charge in [-0.2, -0.15) is 0 Å². The van der Waals surface area contributed by atoms with Gasteiger partial charge in [0.15, 0.2) is 0 Å². The second kappa shape index (κ2) is 7.75. The Hall–Kier alpha value is -3.87. The van der Waals surface area contributed by atoms with E-state index in [1.807, 2.05) is 51.1 Å². The van der Waals surface area contributed by atoms with Crippen molar-refractivity contribution in [3.8, 4) is 5.69 Å². The Morgan fingerprint density at radius 2 is 1.65 bits per heavy atom. The Bertz CT molecular complexity index is 1420. The second-order valence-electron chi connectivity index (χ2n) is 7.84. The summed E-state index contributed by atoms with van der Waals surface area (Å²) in [6.45, 7) is 5.52. The van der Waals surface area contributed by atoms with E-state index in [9.17, 15) is 14.4 Å². The molecule has 0 radical (unpaired) electrons. The summed E-state index contributed by atoms with van der Waals surface area (Å²) in [6, 6.07) is 16.4. The number of benzene rings is 2. The molecular weight excluding hydrogens is 392 g/mol. The van der Waals surface area contributed by atoms with Gasteiger partial charge in [0.2, 0.25) is 5.91 Å². The molecule has 0 fully saturated rings. The van der Waals surface area contributed by atoms with Crippen LogP contribution in [0.25, 0.3) is 16.7 Å². The third-order valence-corrected chi connectivity index (χ3v) is 5.47. The molecule has 2 aromatic heterocycles. The number of carbonyl (C=O) groups is 1. The smallest absolute Gasteiger partial charge is 0.336 e. The number of hydrogen-bond donors (Lipinski definition) is 1. The van der Waals surface area contributed by atoms with Gasteiger partial charge in [-0.25, -0.2) is 9.36 Å². The van der Waals surface area contributed by atoms with Crippen LogP contribution in [0.2, 0.25) is 0 Å². The van der Waals surface area contributed by atoms with Crippen molar-refractivity contribution in [3.05, 3.63) is 92.3 Å². The predicted molar refractivity (Wildman–Crippen MR) is 122 cm³/mol. The first-order valence-corrected chi connectivity index (χ1v) is 10.0. The fourth-order valence-corrected chi connectivity index (χ4v) is 3.73. The molecule has 0 saturated carbocycles. The highest BCUT2D eigenvalue weighted by molar-refractivity contribution is 5.91. The zero-order valence-electron chi connectivity index (χ0n) is 18.0. The van der Waals surface area contributed by atoms with E-state index in [2.05, 4.69) is 5.32 Å². The number of aromatic nitrogens is 3. The highest BCUT2D eigenvalue weighted by Crippen LogP contribution is 2.16. The molecule has 4 aromatic rings. The summed E-state index contributed by atoms with van der Waals surface area (Å²) in [5.74, 6) is -0.343. The van der Waals surface area contributed by atoms with Crippen molar-refractivity contribution in [2.45, 2.75) is 27.3 Å². The van der Waals surface area contributed by atoms with Crippen LogP contribution in [0.1, 0.15) is 16.8 Å². The van der Waals surface area contributed by atoms with Gasteiger partial charge in [0.05, 0.1) is 11.2 Å². The maximum Gasteiger partial charge on any atom is 0.336 e. The molecular formula is C24H24N4O3. The normalized spacial score (nSPS) is 11.1. The lowest BCUT2D eigenvalue weighted by Crippen LogP contribution is -2.41. The zero-order chi connectivity index (χ0) is 22.3. The average Bonchev–Trinajstić information content (AvgIpc) is 3.01. The van der Waals surface area contributed by atoms with Gasteiger partial charge >= 0.3 is 5.69 Å². The largest absolute Gasteiger partial charge is 0.342 e. The first kappa shape index (κ1) is 20.4. The summed E-state index contributed by atoms with van der Waals surface area (Å²) in [5.41, 5.74) is 3.84. The first-order chi connectivity index (χ1) is 14.8. The molecule has 2 aromatic carbocycles. The molecule has 0 spiro atoms. The molecule has 0 unspecified atom stereocenters. The summed E-state index contributed by atoms with van der Waals surface area (Å²) in [6.07, 6.45) is 0. The number of fused-ring (bicyclic) bond motifs is 1. The number of rotatable bonds is 4. The van der Waals surface area contributed by atoms with Crippen molar-refractivity contribution < 1.29 is 4.79 Å². The van der Waals surface area contributed by atoms with Crippen LogP contribution >= 0.6 is 0 Å². The number of aryl methyl sites for hydroxylation is 4. The maximum absolute atomic E-state index is 13.4. The topological polar surface area (TPSA) is 78.0 Å². The van der Waals surface area contributed by atoms with Crippen LogP contribution in [0, 0.1) is 20.8 Å². The fraction of sp³-hybridized carbons (Fsp3) is 0.208. The van der Waals surface area contributed by atoms with E-state index in [1.165, 1.54) is 4.57 Å². The SMILES string of the molecule is Cc1ccc(-n2c(=O)c3c(cc(C)n3C)n(CC(=O)Nc3cccc(C)c3)c2=O)cc1. The number of anilines is 1. The average molecular weight is 416 g/mol. The van der Waals surface area contributed by atoms with E-state index >= 15 is 0 Å². The van der Waals surface area contributed by atoms with Crippen molar-refractivity contribution in [2.24, 2.45) is 7.05 Å². The van der Waals surface area contributed by atoms with Crippen LogP contribution in [0.5, 0.6) is 0 Å². The summed E-state index contributed by atoms with van der Waals surface area (Å²) >= 11 is 0. The molecule has 0 atom stereocenters. The van der Waals surface area contributed by atoms with Crippen LogP contribution in [0.3, 0.4) is 0 Å². The van der Waals surface area contributed by atoms with Gasteiger partial charge in [0.25, 0.3) is 5.56 Å². The lowest BCUT2D eigenvalue weighted by atomic mass is 10.2. The zero-order valence-corrected chi connectivity index (χ0v) is 18.0. The van der Waals surface area contributed by atoms with E-state index < -0.39 is 11.2 Å². The van der Waals surface area contributed by atoms with Gasteiger partial charge in [0.1, 0.15) is 12.1 Å². The molecule has 0 saturated heterocycles. The lowest BCUT2D eigenvalue weighted by Gasteiger charge is -2.13. The van der Waals surface area contributed by atoms with Crippen LogP contribution in [-0.2, 0) is 18.4 Å². The summed E-state index contributed by atoms with van der Waals surface area (Å²) in [4.78, 5) is 39.4. The highest BCUT2D eigenvalue weighted by Gasteiger charge is 2.20. The number of nitrogens with one attached hydrogen (secondary N) is 1. The summed E-state index contributed by atoms with van der Waals surface area (Å²) in [7, 11) is 1.78. The molecule has 7 heteroatoms. The quantitative estimate of drug-likeness (QED) is 0.555. The molecule has 0 aliphatic rings. The monoisotopic (exact) mass is 416 g/mol. The first-order valence-electron chi connectivity index (χ1n) is 10.0. The van der Waals surface area contributed by atoms with E-state index in [4.69, 9.17) is 0 Å². The van der Waals surface area contributed by atoms with E-state index in [-0.39, 0.29) is 12.5 Å². The van der Waals surface area contributed by atoms with E-state index in [0.29, 0.717) is 22.4 Å². The highest BCUT2D eigenvalue weighted by atomic mass is 16.2. The van der Waals surface area contributed by atoms with Gasteiger partial charge in [-0.05, 0) is 56.7 Å². The number of nitrogens with zero attached hydrogens (tertiary/aromatic N) is 3. The Morgan fingerprint density at radius 1 is 0.935 bits per heavy atom. The van der Waals surface area contributed by atoms with Crippen molar-refractivity contribution in [2.75, 3.05) is 5.32 Å². The van der Waals surface area contributed by atoms with Crippen LogP contribution in [0.4, 0.5) is 5.69 Å². The number of amides is 1. The molecule has 158 valence electrons. The van der Waals surface area contributed by atoms with Crippen molar-refractivity contribution in [1.29, 1.82) is 0 Å². The fourth-order valence-electron chi connectivity index (χ4n) is 3.73. The summed E-state index contributed by atoms with van der Waals surface area (Å²) < 4.78 is 4.23. The molecule has 0 aliphatic heterocycles. The van der Waals surface area contributed by atoms with Crippen LogP contribution in [0.15, 0.2) is 64.2 Å². The molecule has 1 N–H and O–H groups in total. The van der Waals surface area contributed by atoms with E-state index in [0.717, 1.165) is 21.4 Å². The van der Waals surface area contributed by atoms with Crippen molar-refractivity contribution >= 4 is 22.6 Å². The Morgan fingerprint density at radius 3 is 2.32 bits per heavy atom. The maximum atomic E-state index is 13.4. The number of hydrogen-bond acceptors (Lipinski definition) is 3. The van der Waals surface area contributed by atoms with Crippen molar-refractivity contribution in [1.82, 2.24) is 13.7 Å². The van der Waals surface area contributed by atoms with Gasteiger partial charge in [-0.3, -0.25) is 14.2 Å². The molecule has 0 bridgehead atoms. The molecule has 2 heterocycles. The minimum atomic E-state index is -0.550. The summed E-state index contributed by atoms with van der Waals surface area (Å²) in [5, 5.41) is 2.83. The molecule has 4 rings (SSSR count).